The van der Waals surface area contributed by atoms with E-state index in [9.17, 15) is 13.2 Å². The van der Waals surface area contributed by atoms with Crippen LogP contribution >= 0.6 is 15.9 Å². The van der Waals surface area contributed by atoms with E-state index in [0.717, 1.165) is 9.87 Å². The molecule has 0 bridgehead atoms. The molecule has 0 aliphatic heterocycles. The van der Waals surface area contributed by atoms with Crippen molar-refractivity contribution < 1.29 is 17.9 Å². The van der Waals surface area contributed by atoms with Crippen LogP contribution in [-0.4, -0.2) is 27.1 Å². The van der Waals surface area contributed by atoms with Crippen LogP contribution in [0.5, 0.6) is 5.75 Å². The molecular formula is C28H24BrN3O4S. The van der Waals surface area contributed by atoms with E-state index in [0.29, 0.717) is 28.1 Å². The number of hydrazone groups is 1. The van der Waals surface area contributed by atoms with Crippen LogP contribution in [0.3, 0.4) is 0 Å². The first-order chi connectivity index (χ1) is 17.9. The van der Waals surface area contributed by atoms with E-state index in [1.807, 2.05) is 54.6 Å². The van der Waals surface area contributed by atoms with Crippen LogP contribution < -0.4 is 14.5 Å². The Balaban J connectivity index is 1.48. The summed E-state index contributed by atoms with van der Waals surface area (Å²) in [6, 6.07) is 31.8. The molecule has 188 valence electrons. The number of hydrogen-bond acceptors (Lipinski definition) is 5. The fourth-order valence-corrected chi connectivity index (χ4v) is 5.28. The maximum atomic E-state index is 13.4. The van der Waals surface area contributed by atoms with Crippen molar-refractivity contribution in [3.63, 3.8) is 0 Å². The zero-order valence-corrected chi connectivity index (χ0v) is 22.1. The van der Waals surface area contributed by atoms with Gasteiger partial charge in [0, 0.05) is 10.0 Å². The average molecular weight is 578 g/mol. The lowest BCUT2D eigenvalue weighted by Crippen LogP contribution is -2.39. The summed E-state index contributed by atoms with van der Waals surface area (Å²) in [6.45, 7) is -0.0752. The number of amides is 1. The molecule has 0 radical (unpaired) electrons. The van der Waals surface area contributed by atoms with Crippen molar-refractivity contribution in [2.45, 2.75) is 11.5 Å². The summed E-state index contributed by atoms with van der Waals surface area (Å²) in [5.74, 6) is 0.00480. The maximum Gasteiger partial charge on any atom is 0.264 e. The minimum atomic E-state index is -4.00. The molecule has 0 aromatic heterocycles. The van der Waals surface area contributed by atoms with Crippen molar-refractivity contribution in [1.29, 1.82) is 0 Å². The van der Waals surface area contributed by atoms with Crippen molar-refractivity contribution in [1.82, 2.24) is 5.43 Å². The van der Waals surface area contributed by atoms with Crippen LogP contribution in [0.4, 0.5) is 5.69 Å². The fraction of sp³-hybridized carbons (Fsp3) is 0.0714. The van der Waals surface area contributed by atoms with Gasteiger partial charge in [-0.3, -0.25) is 9.10 Å². The summed E-state index contributed by atoms with van der Waals surface area (Å²) in [7, 11) is -4.00. The van der Waals surface area contributed by atoms with Crippen LogP contribution in [-0.2, 0) is 21.4 Å². The van der Waals surface area contributed by atoms with E-state index in [2.05, 4.69) is 26.5 Å². The van der Waals surface area contributed by atoms with E-state index in [4.69, 9.17) is 4.74 Å². The van der Waals surface area contributed by atoms with Gasteiger partial charge in [0.1, 0.15) is 18.9 Å². The summed E-state index contributed by atoms with van der Waals surface area (Å²) >= 11 is 3.36. The SMILES string of the molecule is O=C(CN(c1cccc(Br)c1)S(=O)(=O)c1ccccc1)N/N=C\c1ccccc1OCc1ccccc1. The smallest absolute Gasteiger partial charge is 0.264 e. The molecule has 0 saturated heterocycles. The first kappa shape index (κ1) is 26.1. The normalized spacial score (nSPS) is 11.3. The Morgan fingerprint density at radius 3 is 2.30 bits per heavy atom. The predicted octanol–water partition coefficient (Wildman–Crippen LogP) is 5.37. The van der Waals surface area contributed by atoms with Gasteiger partial charge in [-0.2, -0.15) is 5.10 Å². The number of carbonyl (C=O) groups excluding carboxylic acids is 1. The molecule has 0 aliphatic rings. The molecule has 37 heavy (non-hydrogen) atoms. The molecule has 4 aromatic carbocycles. The molecule has 0 aliphatic carbocycles. The van der Waals surface area contributed by atoms with Gasteiger partial charge in [-0.05, 0) is 48.0 Å². The van der Waals surface area contributed by atoms with Crippen molar-refractivity contribution in [3.8, 4) is 5.75 Å². The number of nitrogens with zero attached hydrogens (tertiary/aromatic N) is 2. The highest BCUT2D eigenvalue weighted by atomic mass is 79.9. The number of carbonyl (C=O) groups is 1. The summed E-state index contributed by atoms with van der Waals surface area (Å²) in [5.41, 5.74) is 4.46. The van der Waals surface area contributed by atoms with E-state index in [-0.39, 0.29) is 4.90 Å². The topological polar surface area (TPSA) is 88.1 Å². The van der Waals surface area contributed by atoms with Gasteiger partial charge in [0.15, 0.2) is 0 Å². The van der Waals surface area contributed by atoms with Crippen LogP contribution in [0.15, 0.2) is 124 Å². The molecule has 1 amide bonds. The third kappa shape index (κ3) is 7.05. The Kier molecular flexibility index (Phi) is 8.71. The molecule has 0 saturated carbocycles. The van der Waals surface area contributed by atoms with Gasteiger partial charge in [-0.25, -0.2) is 13.8 Å². The fourth-order valence-electron chi connectivity index (χ4n) is 3.46. The van der Waals surface area contributed by atoms with Crippen LogP contribution in [0.2, 0.25) is 0 Å². The molecule has 4 rings (SSSR count). The number of halogens is 1. The number of benzene rings is 4. The summed E-state index contributed by atoms with van der Waals surface area (Å²) in [5, 5.41) is 4.04. The van der Waals surface area contributed by atoms with Crippen molar-refractivity contribution in [3.05, 3.63) is 125 Å². The lowest BCUT2D eigenvalue weighted by atomic mass is 10.2. The Bertz CT molecular complexity index is 1480. The second kappa shape index (κ2) is 12.3. The van der Waals surface area contributed by atoms with E-state index in [1.54, 1.807) is 42.5 Å². The van der Waals surface area contributed by atoms with E-state index in [1.165, 1.54) is 18.3 Å². The number of nitrogens with one attached hydrogen (secondary N) is 1. The molecule has 0 unspecified atom stereocenters. The largest absolute Gasteiger partial charge is 0.488 e. The van der Waals surface area contributed by atoms with Gasteiger partial charge in [0.05, 0.1) is 16.8 Å². The standard InChI is InChI=1S/C28H24BrN3O4S/c29-24-13-9-14-25(18-24)32(37(34,35)26-15-5-2-6-16-26)20-28(33)31-30-19-23-12-7-8-17-27(23)36-21-22-10-3-1-4-11-22/h1-19H,20-21H2,(H,31,33)/b30-19-. The Labute approximate surface area is 224 Å². The van der Waals surface area contributed by atoms with Gasteiger partial charge in [0.25, 0.3) is 15.9 Å². The maximum absolute atomic E-state index is 13.4. The Morgan fingerprint density at radius 2 is 1.57 bits per heavy atom. The highest BCUT2D eigenvalue weighted by Gasteiger charge is 2.27. The van der Waals surface area contributed by atoms with Crippen molar-refractivity contribution >= 4 is 43.8 Å². The third-order valence-electron chi connectivity index (χ3n) is 5.26. The molecule has 0 spiro atoms. The van der Waals surface area contributed by atoms with Gasteiger partial charge >= 0.3 is 0 Å². The number of hydrogen-bond donors (Lipinski definition) is 1. The first-order valence-electron chi connectivity index (χ1n) is 11.3. The zero-order valence-electron chi connectivity index (χ0n) is 19.7. The lowest BCUT2D eigenvalue weighted by molar-refractivity contribution is -0.119. The zero-order chi connectivity index (χ0) is 26.1. The molecule has 9 heteroatoms. The number of sulfonamides is 1. The minimum absolute atomic E-state index is 0.0794. The minimum Gasteiger partial charge on any atom is -0.488 e. The summed E-state index contributed by atoms with van der Waals surface area (Å²) in [6.07, 6.45) is 1.47. The first-order valence-corrected chi connectivity index (χ1v) is 13.6. The highest BCUT2D eigenvalue weighted by Crippen LogP contribution is 2.26. The van der Waals surface area contributed by atoms with Gasteiger partial charge in [-0.1, -0.05) is 82.7 Å². The molecular weight excluding hydrogens is 554 g/mol. The number of ether oxygens (including phenoxy) is 1. The molecule has 0 heterocycles. The highest BCUT2D eigenvalue weighted by molar-refractivity contribution is 9.10. The van der Waals surface area contributed by atoms with E-state index < -0.39 is 22.5 Å². The van der Waals surface area contributed by atoms with Crippen molar-refractivity contribution in [2.24, 2.45) is 5.10 Å². The Morgan fingerprint density at radius 1 is 0.892 bits per heavy atom. The lowest BCUT2D eigenvalue weighted by Gasteiger charge is -2.23. The summed E-state index contributed by atoms with van der Waals surface area (Å²) < 4.78 is 34.4. The number of rotatable bonds is 10. The molecule has 0 atom stereocenters. The predicted molar refractivity (Wildman–Crippen MR) is 148 cm³/mol. The molecule has 1 N–H and O–H groups in total. The second-order valence-corrected chi connectivity index (χ2v) is 10.7. The monoisotopic (exact) mass is 577 g/mol. The number of anilines is 1. The van der Waals surface area contributed by atoms with Gasteiger partial charge in [-0.15, -0.1) is 0 Å². The number of para-hydroxylation sites is 1. The molecule has 7 nitrogen and oxygen atoms in total. The van der Waals surface area contributed by atoms with Crippen LogP contribution in [0, 0.1) is 0 Å². The molecule has 0 fully saturated rings. The van der Waals surface area contributed by atoms with Gasteiger partial charge in [0.2, 0.25) is 0 Å². The van der Waals surface area contributed by atoms with Gasteiger partial charge < -0.3 is 4.74 Å². The van der Waals surface area contributed by atoms with Crippen LogP contribution in [0.1, 0.15) is 11.1 Å². The second-order valence-electron chi connectivity index (χ2n) is 7.91. The van der Waals surface area contributed by atoms with Crippen molar-refractivity contribution in [2.75, 3.05) is 10.8 Å². The molecule has 4 aromatic rings. The average Bonchev–Trinajstić information content (AvgIpc) is 2.92. The quantitative estimate of drug-likeness (QED) is 0.202. The Hall–Kier alpha value is -3.95. The summed E-state index contributed by atoms with van der Waals surface area (Å²) in [4.78, 5) is 12.9. The van der Waals surface area contributed by atoms with Crippen LogP contribution in [0.25, 0.3) is 0 Å². The third-order valence-corrected chi connectivity index (χ3v) is 7.54. The van der Waals surface area contributed by atoms with E-state index >= 15 is 0 Å².